The first kappa shape index (κ1) is 92.0. The highest BCUT2D eigenvalue weighted by atomic mass is 32.3. The molecule has 120 heavy (non-hydrogen) atoms. The molecule has 45 heteroatoms. The lowest BCUT2D eigenvalue weighted by atomic mass is 9.81. The lowest BCUT2D eigenvalue weighted by Gasteiger charge is -2.39. The second-order valence-electron chi connectivity index (χ2n) is 30.1. The van der Waals surface area contributed by atoms with E-state index in [9.17, 15) is 112 Å². The molecule has 3 fully saturated rings. The van der Waals surface area contributed by atoms with Gasteiger partial charge in [-0.3, -0.25) is 71.4 Å². The van der Waals surface area contributed by atoms with E-state index in [-0.39, 0.29) is 104 Å². The van der Waals surface area contributed by atoms with Gasteiger partial charge in [-0.2, -0.15) is 0 Å². The van der Waals surface area contributed by atoms with Crippen LogP contribution in [-0.2, 0) is 113 Å². The molecule has 2 aromatic carbocycles. The second-order valence-corrected chi connectivity index (χ2v) is 32.7. The number of aliphatic hydroxyl groups excluding tert-OH is 7. The molecule has 7 heterocycles. The molecular formula is C75H99N13O30S2. The van der Waals surface area contributed by atoms with E-state index in [4.69, 9.17) is 27.3 Å². The minimum atomic E-state index is -5.51. The molecule has 1 aliphatic carbocycles. The summed E-state index contributed by atoms with van der Waals surface area (Å²) in [6.45, 7) is 2.31. The number of carbonyl (C=O) groups excluding carboxylic acids is 12. The summed E-state index contributed by atoms with van der Waals surface area (Å²) in [5.41, 5.74) is -0.103. The number of rotatable bonds is 30. The highest BCUT2D eigenvalue weighted by Gasteiger charge is 2.48. The van der Waals surface area contributed by atoms with E-state index in [2.05, 4.69) is 52.5 Å². The average molecular weight is 1730 g/mol. The number of nitrogens with one attached hydrogen (secondary N) is 8. The summed E-state index contributed by atoms with van der Waals surface area (Å²) in [7, 11) is -8.23. The van der Waals surface area contributed by atoms with Crippen LogP contribution in [0.1, 0.15) is 113 Å². The molecule has 43 nitrogen and oxygen atoms in total. The third-order valence-electron chi connectivity index (χ3n) is 21.6. The predicted molar refractivity (Wildman–Crippen MR) is 410 cm³/mol. The van der Waals surface area contributed by atoms with Gasteiger partial charge in [0.05, 0.1) is 99.1 Å². The van der Waals surface area contributed by atoms with Crippen LogP contribution in [0.25, 0.3) is 10.9 Å². The number of aliphatic hydroxyl groups is 7. The number of carboxylic acids is 1. The highest BCUT2D eigenvalue weighted by Crippen LogP contribution is 2.37. The smallest absolute Gasteiger partial charge is 0.481 e. The van der Waals surface area contributed by atoms with Gasteiger partial charge in [-0.05, 0) is 79.8 Å². The zero-order valence-corrected chi connectivity index (χ0v) is 67.2. The molecule has 10 amide bonds. The standard InChI is InChI=1S/C75H99N13O30S2/c1-4-37(2)63-53(93)14-16-58(95)78-50-36-119(110)73-46(27-48(69(105)77-29-59(96)82-63)79-72(108)64(38(3)54(94)33-89)83-71(107)51-25-43(91)32-87(51)74(109)49(28-62(99)100)80-70(50)106)45-13-12-44(26-47(45)81-73)117-120(111,112)118-56-24-41(11-15-55(56)115-75-67(103)66(102)65(101)57(34-90)116-75)52(92)6-5-21-113-23-20-86-31-42(84-85-86)35-114-22-19-76-68(104)40-9-7-39(8-10-40)30-88-60(97)17-18-61(88)98/h11-13,15,17-18,24,26,31,37-40,43,48-51,54,57,63-67,75,81,89-91,94,101-103H,4-10,14,16,19-23,25,27-30,32-36H2,1-3H3,(H,76,104)(H,77,105)(H,78,95)(H,79,108)(H,80,106)(H,82,96)(H,83,107)(H,99,100)/t37-,38-,39?,40?,43+,48-,49-,50-,51-,54-,57-,63-,64-,65+,66+,67-,75?,119?/m0/s1. The van der Waals surface area contributed by atoms with Crippen LogP contribution < -0.4 is 50.3 Å². The summed E-state index contributed by atoms with van der Waals surface area (Å²) < 4.78 is 79.3. The molecule has 2 unspecified atom stereocenters. The molecule has 0 spiro atoms. The lowest BCUT2D eigenvalue weighted by Crippen LogP contribution is -2.61. The number of imide groups is 1. The van der Waals surface area contributed by atoms with Gasteiger partial charge in [0.1, 0.15) is 71.1 Å². The molecule has 656 valence electrons. The van der Waals surface area contributed by atoms with Gasteiger partial charge in [-0.25, -0.2) is 4.68 Å². The summed E-state index contributed by atoms with van der Waals surface area (Å²) >= 11 is 0. The minimum absolute atomic E-state index is 0.0343. The fourth-order valence-electron chi connectivity index (χ4n) is 14.6. The van der Waals surface area contributed by atoms with Crippen LogP contribution in [0.15, 0.2) is 59.8 Å². The molecule has 2 bridgehead atoms. The van der Waals surface area contributed by atoms with Crippen molar-refractivity contribution in [3.05, 3.63) is 71.6 Å². The van der Waals surface area contributed by atoms with Crippen molar-refractivity contribution in [3.63, 3.8) is 0 Å². The summed E-state index contributed by atoms with van der Waals surface area (Å²) in [6, 6.07) is -4.79. The maximum Gasteiger partial charge on any atom is 0.501 e. The molecular weight excluding hydrogens is 1630 g/mol. The van der Waals surface area contributed by atoms with E-state index in [1.807, 2.05) is 0 Å². The third-order valence-corrected chi connectivity index (χ3v) is 23.8. The number of aromatic nitrogens is 4. The molecule has 16 N–H and O–H groups in total. The van der Waals surface area contributed by atoms with Crippen molar-refractivity contribution in [2.45, 2.75) is 195 Å². The Morgan fingerprint density at radius 3 is 2.23 bits per heavy atom. The first-order chi connectivity index (χ1) is 57.1. The number of ketones is 2. The van der Waals surface area contributed by atoms with Gasteiger partial charge in [-0.1, -0.05) is 32.4 Å². The van der Waals surface area contributed by atoms with Crippen molar-refractivity contribution in [1.82, 2.24) is 67.0 Å². The third kappa shape index (κ3) is 23.8. The zero-order valence-electron chi connectivity index (χ0n) is 65.6. The summed E-state index contributed by atoms with van der Waals surface area (Å²) in [4.78, 5) is 183. The minimum Gasteiger partial charge on any atom is -0.481 e. The van der Waals surface area contributed by atoms with E-state index >= 15 is 4.21 Å². The molecule has 2 aromatic heterocycles. The van der Waals surface area contributed by atoms with E-state index in [0.717, 1.165) is 35.2 Å². The van der Waals surface area contributed by atoms with Crippen molar-refractivity contribution in [2.24, 2.45) is 23.7 Å². The number of benzene rings is 2. The summed E-state index contributed by atoms with van der Waals surface area (Å²) in [5.74, 6) is -17.2. The number of fused-ring (bicyclic) bond motifs is 5. The Morgan fingerprint density at radius 1 is 0.783 bits per heavy atom. The van der Waals surface area contributed by atoms with Gasteiger partial charge in [0.25, 0.3) is 11.8 Å². The van der Waals surface area contributed by atoms with Crippen LogP contribution in [0.3, 0.4) is 0 Å². The number of hydrogen-bond acceptors (Lipinski definition) is 31. The topological polar surface area (TPSA) is 628 Å². The summed E-state index contributed by atoms with van der Waals surface area (Å²) in [6.07, 6.45) is -9.49. The first-order valence-corrected chi connectivity index (χ1v) is 41.7. The SMILES string of the molecule is CC[C@H](C)[C@@H]1NC(=O)CNC(=O)[C@@H]2Cc3c([nH]c4cc(OS(=O)(=O)Oc5cc(C(=O)CCCOCCn6cc(COCCNC(=O)C7CCC(CN8C(=O)C=CC8=O)CC7)nn6)ccc5OC5O[C@@H](CO)[C@@H](O)[C@@H](O)[C@@H]5O)ccc34)S(=O)C[C@H](NC(=O)CCC1=O)C(=O)N[C@@H](CC(=O)O)C(=O)N1C[C@H](O)C[C@H]1C(=O)N[C@@H]([C@@H](C)[C@@H](O)CO)C(=O)N2. The normalized spacial score (nSPS) is 27.2. The Bertz CT molecular complexity index is 4610. The largest absolute Gasteiger partial charge is 0.501 e. The average Bonchev–Trinajstić information content (AvgIpc) is 1.61. The Balaban J connectivity index is 0.877. The van der Waals surface area contributed by atoms with Crippen molar-refractivity contribution < 1.29 is 143 Å². The molecule has 0 radical (unpaired) electrons. The van der Waals surface area contributed by atoms with E-state index in [1.54, 1.807) is 20.0 Å². The number of carboxylic acid groups (broad SMARTS) is 1. The van der Waals surface area contributed by atoms with Gasteiger partial charge in [0.15, 0.2) is 23.1 Å². The number of carbonyl (C=O) groups is 13. The van der Waals surface area contributed by atoms with Gasteiger partial charge >= 0.3 is 16.4 Å². The Hall–Kier alpha value is -10.3. The Morgan fingerprint density at radius 2 is 1.52 bits per heavy atom. The fraction of sp³-hybridized carbons (Fsp3) is 0.587. The van der Waals surface area contributed by atoms with Crippen LogP contribution in [0, 0.1) is 23.7 Å². The van der Waals surface area contributed by atoms with Crippen LogP contribution in [0.5, 0.6) is 17.2 Å². The van der Waals surface area contributed by atoms with Gasteiger partial charge in [0.2, 0.25) is 53.5 Å². The number of ether oxygens (including phenoxy) is 4. The lowest BCUT2D eigenvalue weighted by molar-refractivity contribution is -0.277. The van der Waals surface area contributed by atoms with E-state index < -0.39 is 258 Å². The number of Topliss-reactive ketones (excluding diaryl/α,β-unsaturated/α-hetero) is 2. The van der Waals surface area contributed by atoms with Crippen LogP contribution in [-0.4, -0.2) is 304 Å². The molecule has 4 aromatic rings. The van der Waals surface area contributed by atoms with E-state index in [0.29, 0.717) is 44.3 Å². The number of nitrogens with zero attached hydrogens (tertiary/aromatic N) is 5. The number of hydrogen-bond donors (Lipinski definition) is 16. The first-order valence-electron chi connectivity index (χ1n) is 39.1. The van der Waals surface area contributed by atoms with Gasteiger partial charge < -0.3 is 115 Å². The molecule has 1 saturated carbocycles. The number of aliphatic carboxylic acids is 1. The van der Waals surface area contributed by atoms with Crippen molar-refractivity contribution in [2.75, 3.05) is 65.0 Å². The molecule has 2 saturated heterocycles. The molecule has 6 aliphatic rings. The van der Waals surface area contributed by atoms with Crippen molar-refractivity contribution in [1.29, 1.82) is 0 Å². The maximum absolute atomic E-state index is 15.4. The number of amides is 10. The van der Waals surface area contributed by atoms with E-state index in [1.165, 1.54) is 34.7 Å². The monoisotopic (exact) mass is 1730 g/mol. The van der Waals surface area contributed by atoms with Gasteiger partial charge in [-0.15, -0.1) is 13.5 Å². The van der Waals surface area contributed by atoms with Gasteiger partial charge in [0, 0.05) is 99.3 Å². The zero-order chi connectivity index (χ0) is 87.0. The van der Waals surface area contributed by atoms with Crippen LogP contribution >= 0.6 is 0 Å². The molecule has 5 aliphatic heterocycles. The number of H-pyrrole nitrogens is 1. The molecule has 10 rings (SSSR count). The summed E-state index contributed by atoms with van der Waals surface area (Å²) in [5, 5.41) is 109. The highest BCUT2D eigenvalue weighted by molar-refractivity contribution is 7.85. The Labute approximate surface area is 688 Å². The van der Waals surface area contributed by atoms with Crippen LogP contribution in [0.4, 0.5) is 0 Å². The second kappa shape index (κ2) is 41.8. The van der Waals surface area contributed by atoms with Crippen LogP contribution in [0.2, 0.25) is 0 Å². The quantitative estimate of drug-likeness (QED) is 0.0132. The van der Waals surface area contributed by atoms with Crippen molar-refractivity contribution in [3.8, 4) is 17.2 Å². The maximum atomic E-state index is 15.4. The Kier molecular flexibility index (Phi) is 32.0. The van der Waals surface area contributed by atoms with Crippen molar-refractivity contribution >= 4 is 109 Å². The fourth-order valence-corrected chi connectivity index (χ4v) is 16.7. The molecule has 16 atom stereocenters. The predicted octanol–water partition coefficient (Wildman–Crippen LogP) is -5.28. The number of aromatic amines is 1.